The number of hydrogen-bond acceptors (Lipinski definition) is 0. The second-order valence-electron chi connectivity index (χ2n) is 2.91. The van der Waals surface area contributed by atoms with Crippen molar-refractivity contribution in [2.24, 2.45) is 0 Å². The maximum absolute atomic E-state index is 3.91. The van der Waals surface area contributed by atoms with Gasteiger partial charge in [-0.05, 0) is 0 Å². The Balaban J connectivity index is -0.0000000800. The Kier molecular flexibility index (Phi) is 15.5. The Morgan fingerprint density at radius 1 is 1.33 bits per heavy atom. The van der Waals surface area contributed by atoms with Crippen molar-refractivity contribution in [3.05, 3.63) is 19.2 Å². The normalized spacial score (nSPS) is 8.11. The van der Waals surface area contributed by atoms with E-state index in [1.165, 1.54) is 0 Å². The summed E-state index contributed by atoms with van der Waals surface area (Å²) < 4.78 is 0. The van der Waals surface area contributed by atoms with E-state index in [2.05, 4.69) is 38.8 Å². The molecular weight excluding hydrogens is 178 g/mol. The molecule has 0 unspecified atom stereocenters. The first-order valence-electron chi connectivity index (χ1n) is 2.71. The van der Waals surface area contributed by atoms with Gasteiger partial charge in [0.25, 0.3) is 0 Å². The van der Waals surface area contributed by atoms with E-state index in [4.69, 9.17) is 0 Å². The maximum Gasteiger partial charge on any atom is 2.00 e. The molecule has 0 heterocycles. The van der Waals surface area contributed by atoms with Gasteiger partial charge >= 0.3 is 19.5 Å². The van der Waals surface area contributed by atoms with Gasteiger partial charge in [-0.3, -0.25) is 6.58 Å². The van der Waals surface area contributed by atoms with Crippen LogP contribution in [-0.4, -0.2) is 8.07 Å². The summed E-state index contributed by atoms with van der Waals surface area (Å²) in [5.41, 5.74) is 0. The number of allylic oxidation sites excluding steroid dienone is 1. The fraction of sp³-hybridized carbons (Fsp3) is 0.571. The van der Waals surface area contributed by atoms with Crippen molar-refractivity contribution < 1.29 is 19.5 Å². The minimum atomic E-state index is -0.861. The van der Waals surface area contributed by atoms with Gasteiger partial charge in [-0.25, -0.2) is 0 Å². The standard InChI is InChI=1S/C4H11Si.C3H5.Zn/c1-5(2,3)4;1-3-2;/h1H2,2-4H3;1H2,2H3;/q2*-1;+2. The fourth-order valence-corrected chi connectivity index (χ4v) is 0. The molecule has 0 spiro atoms. The van der Waals surface area contributed by atoms with Crippen LogP contribution in [0.3, 0.4) is 0 Å². The average Bonchev–Trinajstić information content (AvgIpc) is 1.27. The molecule has 0 saturated carbocycles. The van der Waals surface area contributed by atoms with Gasteiger partial charge in [0.15, 0.2) is 0 Å². The van der Waals surface area contributed by atoms with E-state index < -0.39 is 8.07 Å². The molecule has 0 atom stereocenters. The zero-order valence-corrected chi connectivity index (χ0v) is 11.1. The van der Waals surface area contributed by atoms with Crippen LogP contribution in [-0.2, 0) is 19.5 Å². The first kappa shape index (κ1) is 16.3. The Morgan fingerprint density at radius 2 is 1.33 bits per heavy atom. The molecule has 0 fully saturated rings. The summed E-state index contributed by atoms with van der Waals surface area (Å²) in [6.07, 6.45) is 2.50. The fourth-order valence-electron chi connectivity index (χ4n) is 0. The van der Waals surface area contributed by atoms with Crippen LogP contribution >= 0.6 is 0 Å². The van der Waals surface area contributed by atoms with Crippen LogP contribution in [0.25, 0.3) is 0 Å². The summed E-state index contributed by atoms with van der Waals surface area (Å²) >= 11 is 0. The Hall–Kier alpha value is 0.580. The van der Waals surface area contributed by atoms with Crippen molar-refractivity contribution in [3.8, 4) is 0 Å². The van der Waals surface area contributed by atoms with Crippen molar-refractivity contribution in [2.75, 3.05) is 0 Å². The summed E-state index contributed by atoms with van der Waals surface area (Å²) in [6.45, 7) is 15.6. The monoisotopic (exact) mass is 192 g/mol. The molecule has 0 nitrogen and oxygen atoms in total. The molecule has 0 aliphatic heterocycles. The Labute approximate surface area is 73.5 Å². The zero-order chi connectivity index (χ0) is 7.21. The molecular formula is C7H16SiZn. The van der Waals surface area contributed by atoms with E-state index in [-0.39, 0.29) is 19.5 Å². The molecule has 2 heteroatoms. The largest absolute Gasteiger partial charge is 2.00 e. The molecule has 50 valence electrons. The number of hydrogen-bond donors (Lipinski definition) is 0. The molecule has 0 aromatic carbocycles. The van der Waals surface area contributed by atoms with Gasteiger partial charge in [-0.2, -0.15) is 6.92 Å². The molecule has 0 aromatic heterocycles. The molecule has 0 aliphatic rings. The SMILES string of the molecule is C=[C-]C.[CH2-][Si](C)(C)C.[Zn+2]. The molecule has 0 bridgehead atoms. The van der Waals surface area contributed by atoms with Crippen molar-refractivity contribution in [1.82, 2.24) is 0 Å². The molecule has 0 N–H and O–H groups in total. The molecule has 0 rings (SSSR count). The van der Waals surface area contributed by atoms with Crippen molar-refractivity contribution >= 4 is 8.07 Å². The third kappa shape index (κ3) is 1100. The quantitative estimate of drug-likeness (QED) is 0.410. The van der Waals surface area contributed by atoms with Gasteiger partial charge in [0, 0.05) is 0 Å². The van der Waals surface area contributed by atoms with Crippen LogP contribution in [0.4, 0.5) is 0 Å². The molecule has 0 amide bonds. The van der Waals surface area contributed by atoms with Crippen LogP contribution < -0.4 is 0 Å². The summed E-state index contributed by atoms with van der Waals surface area (Å²) in [5, 5.41) is 0. The first-order chi connectivity index (χ1) is 3.41. The van der Waals surface area contributed by atoms with Crippen LogP contribution in [0.2, 0.25) is 19.6 Å². The second-order valence-corrected chi connectivity index (χ2v) is 8.04. The van der Waals surface area contributed by atoms with E-state index in [9.17, 15) is 0 Å². The van der Waals surface area contributed by atoms with Crippen LogP contribution in [0.1, 0.15) is 6.92 Å². The molecule has 0 aromatic rings. The van der Waals surface area contributed by atoms with Gasteiger partial charge in [-0.1, -0.05) is 19.6 Å². The molecule has 0 saturated heterocycles. The predicted molar refractivity (Wildman–Crippen MR) is 43.2 cm³/mol. The minimum Gasteiger partial charge on any atom is -0.507 e. The van der Waals surface area contributed by atoms with Crippen molar-refractivity contribution in [3.63, 3.8) is 0 Å². The van der Waals surface area contributed by atoms with Gasteiger partial charge in [0.2, 0.25) is 0 Å². The summed E-state index contributed by atoms with van der Waals surface area (Å²) in [4.78, 5) is 0. The van der Waals surface area contributed by atoms with E-state index in [1.807, 2.05) is 0 Å². The molecule has 0 radical (unpaired) electrons. The third-order valence-corrected chi connectivity index (χ3v) is 0. The van der Waals surface area contributed by atoms with E-state index >= 15 is 0 Å². The summed E-state index contributed by atoms with van der Waals surface area (Å²) in [5.74, 6) is 0. The van der Waals surface area contributed by atoms with E-state index in [0.717, 1.165) is 0 Å². The Bertz CT molecular complexity index is 48.4. The van der Waals surface area contributed by atoms with Crippen molar-refractivity contribution in [2.45, 2.75) is 26.6 Å². The van der Waals surface area contributed by atoms with Crippen molar-refractivity contribution in [1.29, 1.82) is 0 Å². The Morgan fingerprint density at radius 3 is 1.33 bits per heavy atom. The number of rotatable bonds is 0. The summed E-state index contributed by atoms with van der Waals surface area (Å²) in [7, 11) is -0.861. The van der Waals surface area contributed by atoms with Crippen LogP contribution in [0, 0.1) is 12.6 Å². The second kappa shape index (κ2) is 8.58. The molecule has 0 aliphatic carbocycles. The minimum absolute atomic E-state index is 0. The molecule has 9 heavy (non-hydrogen) atoms. The topological polar surface area (TPSA) is 0 Å². The first-order valence-corrected chi connectivity index (χ1v) is 6.41. The van der Waals surface area contributed by atoms with E-state index in [1.54, 1.807) is 6.92 Å². The third-order valence-electron chi connectivity index (χ3n) is 0. The van der Waals surface area contributed by atoms with E-state index in [0.29, 0.717) is 0 Å². The van der Waals surface area contributed by atoms with Gasteiger partial charge < -0.3 is 12.6 Å². The summed E-state index contributed by atoms with van der Waals surface area (Å²) in [6, 6.07) is 0. The van der Waals surface area contributed by atoms with Gasteiger partial charge in [-0.15, -0.1) is 8.07 Å². The average molecular weight is 194 g/mol. The van der Waals surface area contributed by atoms with Crippen LogP contribution in [0.5, 0.6) is 0 Å². The predicted octanol–water partition coefficient (Wildman–Crippen LogP) is 2.69. The van der Waals surface area contributed by atoms with Crippen LogP contribution in [0.15, 0.2) is 6.58 Å². The maximum atomic E-state index is 3.91. The zero-order valence-electron chi connectivity index (χ0n) is 7.12. The van der Waals surface area contributed by atoms with Gasteiger partial charge in [0.1, 0.15) is 0 Å². The van der Waals surface area contributed by atoms with Gasteiger partial charge in [0.05, 0.1) is 0 Å². The smallest absolute Gasteiger partial charge is 0.507 e.